The molecule has 5 nitrogen and oxygen atoms in total. The number of pyridine rings is 1. The molecule has 1 fully saturated rings. The zero-order valence-corrected chi connectivity index (χ0v) is 15.8. The molecule has 0 unspecified atom stereocenters. The molecule has 0 saturated carbocycles. The molecule has 1 aromatic carbocycles. The van der Waals surface area contributed by atoms with Crippen LogP contribution in [0.5, 0.6) is 0 Å². The molecule has 0 radical (unpaired) electrons. The Kier molecular flexibility index (Phi) is 6.58. The first-order chi connectivity index (χ1) is 13.2. The Balaban J connectivity index is 1.48. The van der Waals surface area contributed by atoms with Gasteiger partial charge in [0.25, 0.3) is 5.91 Å². The van der Waals surface area contributed by atoms with E-state index in [0.29, 0.717) is 44.0 Å². The molecular weight excluding hydrogens is 338 g/mol. The number of hydrogen-bond acceptors (Lipinski definition) is 3. The van der Waals surface area contributed by atoms with Crippen molar-refractivity contribution in [3.63, 3.8) is 0 Å². The van der Waals surface area contributed by atoms with Gasteiger partial charge in [0.2, 0.25) is 5.91 Å². The van der Waals surface area contributed by atoms with Gasteiger partial charge >= 0.3 is 0 Å². The van der Waals surface area contributed by atoms with Crippen LogP contribution in [0.4, 0.5) is 0 Å². The molecule has 1 aliphatic heterocycles. The number of carbonyl (C=O) groups excluding carboxylic acids is 2. The number of piperidine rings is 1. The van der Waals surface area contributed by atoms with Gasteiger partial charge in [0, 0.05) is 49.4 Å². The third-order valence-corrected chi connectivity index (χ3v) is 5.37. The molecule has 0 aliphatic carbocycles. The van der Waals surface area contributed by atoms with Gasteiger partial charge in [-0.2, -0.15) is 0 Å². The third kappa shape index (κ3) is 4.94. The van der Waals surface area contributed by atoms with E-state index in [1.165, 1.54) is 5.56 Å². The Morgan fingerprint density at radius 1 is 1.11 bits per heavy atom. The summed E-state index contributed by atoms with van der Waals surface area (Å²) < 4.78 is 0. The molecule has 3 rings (SSSR count). The van der Waals surface area contributed by atoms with Gasteiger partial charge in [-0.25, -0.2) is 0 Å². The van der Waals surface area contributed by atoms with Crippen LogP contribution in [0.2, 0.25) is 0 Å². The van der Waals surface area contributed by atoms with Crippen LogP contribution in [0.3, 0.4) is 0 Å². The van der Waals surface area contributed by atoms with Crippen LogP contribution < -0.4 is 5.32 Å². The van der Waals surface area contributed by atoms with Gasteiger partial charge in [-0.15, -0.1) is 0 Å². The summed E-state index contributed by atoms with van der Waals surface area (Å²) in [5.41, 5.74) is 1.92. The van der Waals surface area contributed by atoms with Crippen LogP contribution in [0.1, 0.15) is 48.0 Å². The van der Waals surface area contributed by atoms with Gasteiger partial charge in [0.15, 0.2) is 0 Å². The second-order valence-corrected chi connectivity index (χ2v) is 7.06. The molecule has 1 aliphatic rings. The number of amides is 2. The van der Waals surface area contributed by atoms with Gasteiger partial charge in [-0.1, -0.05) is 37.3 Å². The standard InChI is InChI=1S/C22H27N3O2/c1-2-17(18-6-4-3-5-7-18)16-24-21(26)19-10-14-25(15-11-19)22(27)20-8-12-23-13-9-20/h3-9,12-13,17,19H,2,10-11,14-16H2,1H3,(H,24,26)/t17-/m1/s1. The number of nitrogens with zero attached hydrogens (tertiary/aromatic N) is 2. The third-order valence-electron chi connectivity index (χ3n) is 5.37. The number of rotatable bonds is 6. The summed E-state index contributed by atoms with van der Waals surface area (Å²) in [5, 5.41) is 3.13. The minimum absolute atomic E-state index is 0.0141. The van der Waals surface area contributed by atoms with Crippen molar-refractivity contribution in [1.82, 2.24) is 15.2 Å². The first kappa shape index (κ1) is 19.1. The predicted octanol–water partition coefficient (Wildman–Crippen LogP) is 3.24. The van der Waals surface area contributed by atoms with Crippen LogP contribution in [0, 0.1) is 5.92 Å². The maximum atomic E-state index is 12.6. The molecule has 2 aromatic rings. The van der Waals surface area contributed by atoms with E-state index < -0.39 is 0 Å². The number of aromatic nitrogens is 1. The summed E-state index contributed by atoms with van der Waals surface area (Å²) >= 11 is 0. The second kappa shape index (κ2) is 9.31. The van der Waals surface area contributed by atoms with Crippen molar-refractivity contribution in [3.05, 3.63) is 66.0 Å². The van der Waals surface area contributed by atoms with Gasteiger partial charge in [0.05, 0.1) is 0 Å². The lowest BCUT2D eigenvalue weighted by Gasteiger charge is -2.31. The number of likely N-dealkylation sites (tertiary alicyclic amines) is 1. The van der Waals surface area contributed by atoms with Gasteiger partial charge in [-0.05, 0) is 37.0 Å². The Hall–Kier alpha value is -2.69. The fourth-order valence-electron chi connectivity index (χ4n) is 3.61. The molecule has 2 amide bonds. The fourth-order valence-corrected chi connectivity index (χ4v) is 3.61. The summed E-state index contributed by atoms with van der Waals surface area (Å²) in [5.74, 6) is 0.454. The van der Waals surface area contributed by atoms with E-state index >= 15 is 0 Å². The molecule has 142 valence electrons. The Labute approximate surface area is 160 Å². The molecule has 1 N–H and O–H groups in total. The van der Waals surface area contributed by atoms with Crippen molar-refractivity contribution < 1.29 is 9.59 Å². The van der Waals surface area contributed by atoms with Crippen molar-refractivity contribution in [2.45, 2.75) is 32.1 Å². The summed E-state index contributed by atoms with van der Waals surface area (Å²) in [4.78, 5) is 30.8. The van der Waals surface area contributed by atoms with E-state index in [9.17, 15) is 9.59 Å². The Morgan fingerprint density at radius 3 is 2.41 bits per heavy atom. The zero-order valence-electron chi connectivity index (χ0n) is 15.8. The molecule has 1 aromatic heterocycles. The summed E-state index contributed by atoms with van der Waals surface area (Å²) in [6, 6.07) is 13.8. The predicted molar refractivity (Wildman–Crippen MR) is 105 cm³/mol. The summed E-state index contributed by atoms with van der Waals surface area (Å²) in [7, 11) is 0. The molecular formula is C22H27N3O2. The van der Waals surface area contributed by atoms with Crippen molar-refractivity contribution in [1.29, 1.82) is 0 Å². The average Bonchev–Trinajstić information content (AvgIpc) is 2.75. The largest absolute Gasteiger partial charge is 0.355 e. The number of carbonyl (C=O) groups is 2. The Morgan fingerprint density at radius 2 is 1.78 bits per heavy atom. The van der Waals surface area contributed by atoms with E-state index in [-0.39, 0.29) is 17.7 Å². The fraction of sp³-hybridized carbons (Fsp3) is 0.409. The molecule has 0 bridgehead atoms. The summed E-state index contributed by atoms with van der Waals surface area (Å²) in [6.45, 7) is 4.05. The van der Waals surface area contributed by atoms with Gasteiger partial charge in [0.1, 0.15) is 0 Å². The Bertz CT molecular complexity index is 741. The number of hydrogen-bond donors (Lipinski definition) is 1. The molecule has 0 spiro atoms. The molecule has 1 atom stereocenters. The van der Waals surface area contributed by atoms with Crippen LogP contribution in [-0.4, -0.2) is 41.3 Å². The lowest BCUT2D eigenvalue weighted by molar-refractivity contribution is -0.126. The SMILES string of the molecule is CC[C@H](CNC(=O)C1CCN(C(=O)c2ccncc2)CC1)c1ccccc1. The van der Waals surface area contributed by atoms with Crippen LogP contribution >= 0.6 is 0 Å². The highest BCUT2D eigenvalue weighted by Crippen LogP contribution is 2.21. The first-order valence-corrected chi connectivity index (χ1v) is 9.71. The van der Waals surface area contributed by atoms with Crippen molar-refractivity contribution in [3.8, 4) is 0 Å². The molecule has 5 heteroatoms. The number of nitrogens with one attached hydrogen (secondary N) is 1. The van der Waals surface area contributed by atoms with Crippen molar-refractivity contribution in [2.75, 3.05) is 19.6 Å². The second-order valence-electron chi connectivity index (χ2n) is 7.06. The van der Waals surface area contributed by atoms with Crippen LogP contribution in [0.25, 0.3) is 0 Å². The van der Waals surface area contributed by atoms with Crippen molar-refractivity contribution >= 4 is 11.8 Å². The quantitative estimate of drug-likeness (QED) is 0.855. The maximum Gasteiger partial charge on any atom is 0.253 e. The molecule has 1 saturated heterocycles. The highest BCUT2D eigenvalue weighted by Gasteiger charge is 2.28. The van der Waals surface area contributed by atoms with E-state index in [1.54, 1.807) is 24.5 Å². The van der Waals surface area contributed by atoms with Crippen LogP contribution in [0.15, 0.2) is 54.9 Å². The maximum absolute atomic E-state index is 12.6. The van der Waals surface area contributed by atoms with Gasteiger partial charge < -0.3 is 10.2 Å². The number of benzene rings is 1. The van der Waals surface area contributed by atoms with Crippen LogP contribution in [-0.2, 0) is 4.79 Å². The van der Waals surface area contributed by atoms with Crippen molar-refractivity contribution in [2.24, 2.45) is 5.92 Å². The average molecular weight is 365 g/mol. The molecule has 2 heterocycles. The topological polar surface area (TPSA) is 62.3 Å². The minimum atomic E-state index is -0.0141. The highest BCUT2D eigenvalue weighted by atomic mass is 16.2. The van der Waals surface area contributed by atoms with E-state index in [0.717, 1.165) is 6.42 Å². The zero-order chi connectivity index (χ0) is 19.1. The monoisotopic (exact) mass is 365 g/mol. The lowest BCUT2D eigenvalue weighted by atomic mass is 9.93. The van der Waals surface area contributed by atoms with Gasteiger partial charge in [-0.3, -0.25) is 14.6 Å². The normalized spacial score (nSPS) is 16.0. The lowest BCUT2D eigenvalue weighted by Crippen LogP contribution is -2.43. The van der Waals surface area contributed by atoms with E-state index in [2.05, 4.69) is 29.4 Å². The van der Waals surface area contributed by atoms with E-state index in [1.807, 2.05) is 23.1 Å². The first-order valence-electron chi connectivity index (χ1n) is 9.71. The molecule has 27 heavy (non-hydrogen) atoms. The van der Waals surface area contributed by atoms with E-state index in [4.69, 9.17) is 0 Å². The smallest absolute Gasteiger partial charge is 0.253 e. The highest BCUT2D eigenvalue weighted by molar-refractivity contribution is 5.94. The minimum Gasteiger partial charge on any atom is -0.355 e. The summed E-state index contributed by atoms with van der Waals surface area (Å²) in [6.07, 6.45) is 5.67.